The van der Waals surface area contributed by atoms with E-state index in [2.05, 4.69) is 48.4 Å². The molecule has 1 aromatic heterocycles. The summed E-state index contributed by atoms with van der Waals surface area (Å²) in [6, 6.07) is 6.92. The number of amides is 1. The number of benzene rings is 1. The molecule has 2 heterocycles. The Hall–Kier alpha value is -2.07. The zero-order valence-corrected chi connectivity index (χ0v) is 13.8. The Morgan fingerprint density at radius 1 is 1.39 bits per heavy atom. The Morgan fingerprint density at radius 3 is 3.04 bits per heavy atom. The van der Waals surface area contributed by atoms with Gasteiger partial charge in [0.1, 0.15) is 0 Å². The lowest BCUT2D eigenvalue weighted by atomic mass is 9.81. The average Bonchev–Trinajstić information content (AvgIpc) is 2.84. The second kappa shape index (κ2) is 5.53. The summed E-state index contributed by atoms with van der Waals surface area (Å²) in [7, 11) is 0. The molecule has 0 fully saturated rings. The van der Waals surface area contributed by atoms with Crippen molar-refractivity contribution in [2.75, 3.05) is 18.5 Å². The lowest BCUT2D eigenvalue weighted by molar-refractivity contribution is -0.106. The number of aromatic nitrogens is 1. The largest absolute Gasteiger partial charge is 0.296 e. The summed E-state index contributed by atoms with van der Waals surface area (Å²) in [6.07, 6.45) is 6.54. The van der Waals surface area contributed by atoms with Crippen LogP contribution < -0.4 is 5.43 Å². The fourth-order valence-corrected chi connectivity index (χ4v) is 4.40. The number of hydrogen-bond acceptors (Lipinski definition) is 2. The smallest absolute Gasteiger partial charge is 0.226 e. The van der Waals surface area contributed by atoms with Crippen molar-refractivity contribution in [1.82, 2.24) is 9.58 Å². The molecule has 23 heavy (non-hydrogen) atoms. The van der Waals surface area contributed by atoms with Crippen LogP contribution >= 0.6 is 0 Å². The van der Waals surface area contributed by atoms with Crippen molar-refractivity contribution < 1.29 is 4.79 Å². The Bertz CT molecular complexity index is 803. The summed E-state index contributed by atoms with van der Waals surface area (Å²) < 4.78 is 1.93. The van der Waals surface area contributed by atoms with Gasteiger partial charge in [-0.25, -0.2) is 0 Å². The van der Waals surface area contributed by atoms with Gasteiger partial charge in [-0.05, 0) is 55.5 Å². The molecule has 1 amide bonds. The van der Waals surface area contributed by atoms with Gasteiger partial charge >= 0.3 is 0 Å². The van der Waals surface area contributed by atoms with Crippen LogP contribution in [0.2, 0.25) is 0 Å². The van der Waals surface area contributed by atoms with Crippen molar-refractivity contribution in [3.63, 3.8) is 0 Å². The van der Waals surface area contributed by atoms with Crippen LogP contribution in [0.5, 0.6) is 0 Å². The predicted octanol–water partition coefficient (Wildman–Crippen LogP) is 3.07. The quantitative estimate of drug-likeness (QED) is 0.881. The maximum Gasteiger partial charge on any atom is 0.226 e. The second-order valence-electron chi connectivity index (χ2n) is 6.55. The van der Waals surface area contributed by atoms with Crippen molar-refractivity contribution in [3.05, 3.63) is 41.1 Å². The van der Waals surface area contributed by atoms with Crippen LogP contribution in [0.1, 0.15) is 36.6 Å². The Balaban J connectivity index is 1.93. The van der Waals surface area contributed by atoms with Crippen LogP contribution in [-0.4, -0.2) is 35.1 Å². The van der Waals surface area contributed by atoms with Gasteiger partial charge in [0, 0.05) is 23.7 Å². The van der Waals surface area contributed by atoms with Gasteiger partial charge in [-0.15, -0.1) is 0 Å². The third-order valence-electron chi connectivity index (χ3n) is 5.34. The number of fused-ring (bicyclic) bond motifs is 2. The number of nitrogens with zero attached hydrogens (tertiary/aromatic N) is 2. The Morgan fingerprint density at radius 2 is 2.26 bits per heavy atom. The van der Waals surface area contributed by atoms with Gasteiger partial charge in [0.2, 0.25) is 6.41 Å². The van der Waals surface area contributed by atoms with E-state index in [-0.39, 0.29) is 0 Å². The van der Waals surface area contributed by atoms with E-state index in [0.717, 1.165) is 43.6 Å². The van der Waals surface area contributed by atoms with Crippen LogP contribution in [0, 0.1) is 6.92 Å². The minimum Gasteiger partial charge on any atom is -0.296 e. The molecule has 0 bridgehead atoms. The molecular formula is C19H23N3O. The Kier molecular flexibility index (Phi) is 3.49. The highest BCUT2D eigenvalue weighted by atomic mass is 16.1. The summed E-state index contributed by atoms with van der Waals surface area (Å²) in [6.45, 7) is 6.67. The van der Waals surface area contributed by atoms with Crippen molar-refractivity contribution in [2.45, 2.75) is 39.2 Å². The lowest BCUT2D eigenvalue weighted by Gasteiger charge is -2.39. The molecule has 0 saturated carbocycles. The summed E-state index contributed by atoms with van der Waals surface area (Å²) in [5, 5.41) is 1.32. The van der Waals surface area contributed by atoms with Crippen LogP contribution in [0.25, 0.3) is 16.5 Å². The third kappa shape index (κ3) is 2.05. The fraction of sp³-hybridized carbons (Fsp3) is 0.421. The number of rotatable bonds is 4. The van der Waals surface area contributed by atoms with Crippen molar-refractivity contribution in [3.8, 4) is 0 Å². The molecule has 120 valence electrons. The van der Waals surface area contributed by atoms with E-state index in [1.54, 1.807) is 0 Å². The van der Waals surface area contributed by atoms with Gasteiger partial charge in [-0.2, -0.15) is 0 Å². The van der Waals surface area contributed by atoms with Crippen LogP contribution in [0.15, 0.2) is 24.3 Å². The zero-order chi connectivity index (χ0) is 16.0. The molecule has 1 atom stereocenters. The molecule has 0 spiro atoms. The maximum atomic E-state index is 11.0. The molecule has 1 N–H and O–H groups in total. The van der Waals surface area contributed by atoms with Gasteiger partial charge < -0.3 is 0 Å². The molecule has 0 radical (unpaired) electrons. The summed E-state index contributed by atoms with van der Waals surface area (Å²) in [5.41, 5.74) is 9.32. The summed E-state index contributed by atoms with van der Waals surface area (Å²) in [5.74, 6) is 0. The normalized spacial score (nSPS) is 20.3. The number of carbonyl (C=O) groups excluding carboxylic acids is 1. The SMILES string of the molecule is CCCN1CCC=C2c3cccc4c3c(c(C)n4NC=O)C[C@H]21. The maximum absolute atomic E-state index is 11.0. The van der Waals surface area contributed by atoms with E-state index < -0.39 is 0 Å². The highest BCUT2D eigenvalue weighted by Crippen LogP contribution is 2.42. The molecule has 0 saturated heterocycles. The molecule has 4 nitrogen and oxygen atoms in total. The summed E-state index contributed by atoms with van der Waals surface area (Å²) >= 11 is 0. The molecule has 1 aliphatic carbocycles. The predicted molar refractivity (Wildman–Crippen MR) is 94.0 cm³/mol. The fourth-order valence-electron chi connectivity index (χ4n) is 4.40. The number of hydrogen-bond donors (Lipinski definition) is 1. The second-order valence-corrected chi connectivity index (χ2v) is 6.55. The first-order chi connectivity index (χ1) is 11.3. The number of carbonyl (C=O) groups is 1. The Labute approximate surface area is 136 Å². The lowest BCUT2D eigenvalue weighted by Crippen LogP contribution is -2.42. The zero-order valence-electron chi connectivity index (χ0n) is 13.8. The van der Waals surface area contributed by atoms with Gasteiger partial charge in [0.25, 0.3) is 0 Å². The first-order valence-corrected chi connectivity index (χ1v) is 8.53. The molecule has 4 heteroatoms. The average molecular weight is 309 g/mol. The summed E-state index contributed by atoms with van der Waals surface area (Å²) in [4.78, 5) is 13.6. The highest BCUT2D eigenvalue weighted by molar-refractivity contribution is 6.00. The molecule has 1 aromatic carbocycles. The molecule has 0 unspecified atom stereocenters. The molecular weight excluding hydrogens is 286 g/mol. The van der Waals surface area contributed by atoms with Gasteiger partial charge in [-0.3, -0.25) is 19.8 Å². The first kappa shape index (κ1) is 14.5. The van der Waals surface area contributed by atoms with Gasteiger partial charge in [0.05, 0.1) is 5.52 Å². The van der Waals surface area contributed by atoms with E-state index >= 15 is 0 Å². The van der Waals surface area contributed by atoms with Crippen molar-refractivity contribution >= 4 is 22.9 Å². The van der Waals surface area contributed by atoms with Crippen LogP contribution in [-0.2, 0) is 11.2 Å². The molecule has 4 rings (SSSR count). The highest BCUT2D eigenvalue weighted by Gasteiger charge is 2.34. The van der Waals surface area contributed by atoms with Crippen molar-refractivity contribution in [1.29, 1.82) is 0 Å². The van der Waals surface area contributed by atoms with Gasteiger partial charge in [0.15, 0.2) is 0 Å². The molecule has 2 aliphatic rings. The van der Waals surface area contributed by atoms with Crippen molar-refractivity contribution in [2.24, 2.45) is 0 Å². The third-order valence-corrected chi connectivity index (χ3v) is 5.34. The monoisotopic (exact) mass is 309 g/mol. The van der Waals surface area contributed by atoms with E-state index in [0.29, 0.717) is 6.04 Å². The molecule has 1 aliphatic heterocycles. The standard InChI is InChI=1S/C19H23N3O/c1-3-9-21-10-5-7-14-15-6-4-8-17-19(15)16(11-18(14)21)13(2)22(17)20-12-23/h4,6-8,12,18H,3,5,9-11H2,1-2H3,(H,20,23)/t18-/m1/s1. The van der Waals surface area contributed by atoms with Crippen LogP contribution in [0.3, 0.4) is 0 Å². The molecule has 2 aromatic rings. The first-order valence-electron chi connectivity index (χ1n) is 8.53. The topological polar surface area (TPSA) is 37.3 Å². The van der Waals surface area contributed by atoms with Crippen LogP contribution in [0.4, 0.5) is 0 Å². The van der Waals surface area contributed by atoms with E-state index in [9.17, 15) is 4.79 Å². The van der Waals surface area contributed by atoms with E-state index in [4.69, 9.17) is 0 Å². The number of nitrogens with one attached hydrogen (secondary N) is 1. The minimum absolute atomic E-state index is 0.479. The minimum atomic E-state index is 0.479. The van der Waals surface area contributed by atoms with E-state index in [1.165, 1.54) is 28.5 Å². The van der Waals surface area contributed by atoms with Gasteiger partial charge in [-0.1, -0.05) is 25.1 Å². The van der Waals surface area contributed by atoms with E-state index in [1.807, 2.05) is 4.68 Å².